The van der Waals surface area contributed by atoms with Crippen molar-refractivity contribution in [3.8, 4) is 0 Å². The number of carbonyl (C=O) groups is 1. The summed E-state index contributed by atoms with van der Waals surface area (Å²) in [5.41, 5.74) is 9.60. The summed E-state index contributed by atoms with van der Waals surface area (Å²) in [6.07, 6.45) is 0.757. The minimum Gasteiger partial charge on any atom is -0.384 e. The van der Waals surface area contributed by atoms with Gasteiger partial charge in [-0.25, -0.2) is 9.99 Å². The van der Waals surface area contributed by atoms with Gasteiger partial charge >= 0.3 is 0 Å². The normalized spacial score (nSPS) is 10.4. The lowest BCUT2D eigenvalue weighted by atomic mass is 10.2. The van der Waals surface area contributed by atoms with Crippen molar-refractivity contribution < 1.29 is 4.79 Å². The van der Waals surface area contributed by atoms with Gasteiger partial charge in [-0.2, -0.15) is 0 Å². The SMILES string of the molecule is CCc1cc(C(=O)NN(C)C)cc(N)n1. The fraction of sp³-hybridized carbons (Fsp3) is 0.400. The van der Waals surface area contributed by atoms with Crippen LogP contribution in [0.25, 0.3) is 0 Å². The Morgan fingerprint density at radius 3 is 2.73 bits per heavy atom. The number of anilines is 1. The number of aromatic nitrogens is 1. The number of amides is 1. The van der Waals surface area contributed by atoms with Crippen LogP contribution >= 0.6 is 0 Å². The van der Waals surface area contributed by atoms with Crippen molar-refractivity contribution in [3.05, 3.63) is 23.4 Å². The van der Waals surface area contributed by atoms with Crippen LogP contribution in [0, 0.1) is 0 Å². The van der Waals surface area contributed by atoms with E-state index in [1.165, 1.54) is 0 Å². The van der Waals surface area contributed by atoms with E-state index >= 15 is 0 Å². The molecule has 0 bridgehead atoms. The zero-order chi connectivity index (χ0) is 11.4. The third-order valence-corrected chi connectivity index (χ3v) is 1.85. The summed E-state index contributed by atoms with van der Waals surface area (Å²) in [6.45, 7) is 1.97. The third kappa shape index (κ3) is 3.21. The Hall–Kier alpha value is -1.62. The number of rotatable bonds is 3. The van der Waals surface area contributed by atoms with Crippen LogP contribution in [0.5, 0.6) is 0 Å². The Morgan fingerprint density at radius 1 is 1.53 bits per heavy atom. The molecule has 0 aromatic carbocycles. The number of nitrogens with one attached hydrogen (secondary N) is 1. The minimum atomic E-state index is -0.177. The van der Waals surface area contributed by atoms with E-state index in [0.717, 1.165) is 12.1 Å². The fourth-order valence-corrected chi connectivity index (χ4v) is 1.19. The van der Waals surface area contributed by atoms with Crippen LogP contribution in [0.4, 0.5) is 5.82 Å². The quantitative estimate of drug-likeness (QED) is 0.707. The summed E-state index contributed by atoms with van der Waals surface area (Å²) < 4.78 is 0. The molecule has 0 saturated carbocycles. The van der Waals surface area contributed by atoms with Crippen molar-refractivity contribution in [2.24, 2.45) is 0 Å². The van der Waals surface area contributed by atoms with Gasteiger partial charge in [0.15, 0.2) is 0 Å². The molecule has 3 N–H and O–H groups in total. The Morgan fingerprint density at radius 2 is 2.20 bits per heavy atom. The highest BCUT2D eigenvalue weighted by molar-refractivity contribution is 5.94. The Kier molecular flexibility index (Phi) is 3.62. The van der Waals surface area contributed by atoms with Gasteiger partial charge in [0.2, 0.25) is 0 Å². The number of aryl methyl sites for hydroxylation is 1. The average Bonchev–Trinajstić information content (AvgIpc) is 2.15. The molecule has 0 radical (unpaired) electrons. The van der Waals surface area contributed by atoms with E-state index in [4.69, 9.17) is 5.73 Å². The maximum absolute atomic E-state index is 11.6. The van der Waals surface area contributed by atoms with Crippen molar-refractivity contribution in [1.29, 1.82) is 0 Å². The number of carbonyl (C=O) groups excluding carboxylic acids is 1. The van der Waals surface area contributed by atoms with E-state index in [1.807, 2.05) is 6.92 Å². The number of hydrazine groups is 1. The van der Waals surface area contributed by atoms with Gasteiger partial charge in [0.1, 0.15) is 5.82 Å². The van der Waals surface area contributed by atoms with E-state index < -0.39 is 0 Å². The van der Waals surface area contributed by atoms with E-state index in [0.29, 0.717) is 11.4 Å². The molecular formula is C10H16N4O. The standard InChI is InChI=1S/C10H16N4O/c1-4-8-5-7(6-9(11)12-8)10(15)13-14(2)3/h5-6H,4H2,1-3H3,(H2,11,12)(H,13,15). The van der Waals surface area contributed by atoms with E-state index in [1.54, 1.807) is 31.2 Å². The molecule has 0 saturated heterocycles. The first-order valence-corrected chi connectivity index (χ1v) is 4.77. The third-order valence-electron chi connectivity index (χ3n) is 1.85. The van der Waals surface area contributed by atoms with Crippen LogP contribution in [0.1, 0.15) is 23.0 Å². The van der Waals surface area contributed by atoms with Crippen LogP contribution in [0.15, 0.2) is 12.1 Å². The molecule has 1 aromatic heterocycles. The molecule has 1 heterocycles. The Balaban J connectivity index is 2.93. The molecule has 0 atom stereocenters. The number of hydrogen-bond donors (Lipinski definition) is 2. The fourth-order valence-electron chi connectivity index (χ4n) is 1.19. The molecule has 1 rings (SSSR count). The van der Waals surface area contributed by atoms with Crippen LogP contribution in [0.3, 0.4) is 0 Å². The summed E-state index contributed by atoms with van der Waals surface area (Å²) in [7, 11) is 3.51. The molecule has 82 valence electrons. The van der Waals surface area contributed by atoms with Crippen molar-refractivity contribution in [2.45, 2.75) is 13.3 Å². The van der Waals surface area contributed by atoms with Crippen LogP contribution in [-0.4, -0.2) is 30.0 Å². The first-order valence-electron chi connectivity index (χ1n) is 4.77. The maximum atomic E-state index is 11.6. The van der Waals surface area contributed by atoms with Crippen molar-refractivity contribution in [1.82, 2.24) is 15.4 Å². The molecular weight excluding hydrogens is 192 g/mol. The molecule has 15 heavy (non-hydrogen) atoms. The summed E-state index contributed by atoms with van der Waals surface area (Å²) in [4.78, 5) is 15.7. The predicted octanol–water partition coefficient (Wildman–Crippen LogP) is 0.433. The van der Waals surface area contributed by atoms with E-state index in [9.17, 15) is 4.79 Å². The first kappa shape index (κ1) is 11.5. The number of nitrogens with two attached hydrogens (primary N) is 1. The molecule has 1 aromatic rings. The van der Waals surface area contributed by atoms with Crippen LogP contribution in [0.2, 0.25) is 0 Å². The maximum Gasteiger partial charge on any atom is 0.265 e. The highest BCUT2D eigenvalue weighted by Crippen LogP contribution is 2.08. The summed E-state index contributed by atoms with van der Waals surface area (Å²) in [6, 6.07) is 3.31. The van der Waals surface area contributed by atoms with Gasteiger partial charge < -0.3 is 5.73 Å². The Bertz CT molecular complexity index is 362. The number of pyridine rings is 1. The van der Waals surface area contributed by atoms with Gasteiger partial charge in [-0.3, -0.25) is 10.2 Å². The monoisotopic (exact) mass is 208 g/mol. The average molecular weight is 208 g/mol. The lowest BCUT2D eigenvalue weighted by Gasteiger charge is -2.12. The lowest BCUT2D eigenvalue weighted by Crippen LogP contribution is -2.36. The van der Waals surface area contributed by atoms with Crippen molar-refractivity contribution in [3.63, 3.8) is 0 Å². The molecule has 5 heteroatoms. The summed E-state index contributed by atoms with van der Waals surface area (Å²) in [5.74, 6) is 0.196. The highest BCUT2D eigenvalue weighted by atomic mass is 16.2. The van der Waals surface area contributed by atoms with Crippen molar-refractivity contribution in [2.75, 3.05) is 19.8 Å². The predicted molar refractivity (Wildman–Crippen MR) is 59.2 cm³/mol. The Labute approximate surface area is 89.3 Å². The molecule has 0 unspecified atom stereocenters. The lowest BCUT2D eigenvalue weighted by molar-refractivity contribution is 0.0856. The summed E-state index contributed by atoms with van der Waals surface area (Å²) in [5, 5.41) is 1.59. The molecule has 5 nitrogen and oxygen atoms in total. The number of hydrogen-bond acceptors (Lipinski definition) is 4. The van der Waals surface area contributed by atoms with Crippen LogP contribution < -0.4 is 11.2 Å². The van der Waals surface area contributed by atoms with Gasteiger partial charge in [-0.1, -0.05) is 6.92 Å². The van der Waals surface area contributed by atoms with Gasteiger partial charge in [-0.15, -0.1) is 0 Å². The van der Waals surface area contributed by atoms with E-state index in [-0.39, 0.29) is 5.91 Å². The number of nitrogen functional groups attached to an aromatic ring is 1. The molecule has 1 amide bonds. The smallest absolute Gasteiger partial charge is 0.265 e. The second-order valence-electron chi connectivity index (χ2n) is 3.46. The zero-order valence-electron chi connectivity index (χ0n) is 9.24. The molecule has 0 aliphatic carbocycles. The second-order valence-corrected chi connectivity index (χ2v) is 3.46. The van der Waals surface area contributed by atoms with Gasteiger partial charge in [0, 0.05) is 25.4 Å². The molecule has 0 spiro atoms. The topological polar surface area (TPSA) is 71.2 Å². The first-order chi connectivity index (χ1) is 7.02. The largest absolute Gasteiger partial charge is 0.384 e. The summed E-state index contributed by atoms with van der Waals surface area (Å²) >= 11 is 0. The van der Waals surface area contributed by atoms with Crippen LogP contribution in [-0.2, 0) is 6.42 Å². The number of nitrogens with zero attached hydrogens (tertiary/aromatic N) is 2. The van der Waals surface area contributed by atoms with Gasteiger partial charge in [-0.05, 0) is 18.6 Å². The van der Waals surface area contributed by atoms with Gasteiger partial charge in [0.05, 0.1) is 0 Å². The van der Waals surface area contributed by atoms with E-state index in [2.05, 4.69) is 10.4 Å². The van der Waals surface area contributed by atoms with Crippen molar-refractivity contribution >= 4 is 11.7 Å². The molecule has 0 aliphatic rings. The second kappa shape index (κ2) is 4.75. The van der Waals surface area contributed by atoms with Gasteiger partial charge in [0.25, 0.3) is 5.91 Å². The highest BCUT2D eigenvalue weighted by Gasteiger charge is 2.08. The molecule has 0 aliphatic heterocycles. The molecule has 0 fully saturated rings. The minimum absolute atomic E-state index is 0.177. The zero-order valence-corrected chi connectivity index (χ0v) is 9.24.